The Balaban J connectivity index is 1.84. The van der Waals surface area contributed by atoms with Crippen molar-refractivity contribution in [3.8, 4) is 11.5 Å². The van der Waals surface area contributed by atoms with Crippen molar-refractivity contribution in [3.63, 3.8) is 0 Å². The van der Waals surface area contributed by atoms with Crippen molar-refractivity contribution in [1.82, 2.24) is 15.5 Å². The standard InChI is InChI=1S/C16H21N3O4/c1-3-23-13-6-4-11(8-14(13)22-2)5-7-15(20)17-10-12-9-16(21)19-18-12/h4,6,8-9H,3,5,7,10H2,1-2H3,(H,17,20)(H2,18,19,21). The van der Waals surface area contributed by atoms with Crippen LogP contribution in [0.4, 0.5) is 0 Å². The number of amides is 1. The average molecular weight is 319 g/mol. The van der Waals surface area contributed by atoms with Gasteiger partial charge in [-0.2, -0.15) is 0 Å². The Labute approximate surface area is 134 Å². The number of aryl methyl sites for hydroxylation is 1. The Morgan fingerprint density at radius 3 is 2.70 bits per heavy atom. The quantitative estimate of drug-likeness (QED) is 0.684. The van der Waals surface area contributed by atoms with Gasteiger partial charge in [0.15, 0.2) is 11.5 Å². The fraction of sp³-hybridized carbons (Fsp3) is 0.375. The summed E-state index contributed by atoms with van der Waals surface area (Å²) < 4.78 is 10.8. The molecule has 3 N–H and O–H groups in total. The Bertz CT molecular complexity index is 705. The number of aromatic nitrogens is 2. The van der Waals surface area contributed by atoms with Gasteiger partial charge in [-0.25, -0.2) is 0 Å². The lowest BCUT2D eigenvalue weighted by Crippen LogP contribution is -2.23. The summed E-state index contributed by atoms with van der Waals surface area (Å²) in [6.45, 7) is 2.78. The van der Waals surface area contributed by atoms with Crippen LogP contribution >= 0.6 is 0 Å². The van der Waals surface area contributed by atoms with Gasteiger partial charge in [0.25, 0.3) is 5.56 Å². The third kappa shape index (κ3) is 4.91. The highest BCUT2D eigenvalue weighted by Gasteiger charge is 2.08. The first-order chi connectivity index (χ1) is 11.1. The predicted molar refractivity (Wildman–Crippen MR) is 85.7 cm³/mol. The van der Waals surface area contributed by atoms with Crippen LogP contribution in [0.5, 0.6) is 11.5 Å². The van der Waals surface area contributed by atoms with E-state index in [2.05, 4.69) is 15.5 Å². The van der Waals surface area contributed by atoms with Crippen molar-refractivity contribution in [1.29, 1.82) is 0 Å². The molecule has 23 heavy (non-hydrogen) atoms. The van der Waals surface area contributed by atoms with Crippen molar-refractivity contribution in [3.05, 3.63) is 45.9 Å². The summed E-state index contributed by atoms with van der Waals surface area (Å²) in [6.07, 6.45) is 0.948. The summed E-state index contributed by atoms with van der Waals surface area (Å²) in [5.74, 6) is 1.27. The molecule has 2 rings (SSSR count). The van der Waals surface area contributed by atoms with E-state index in [0.29, 0.717) is 43.2 Å². The molecule has 0 saturated carbocycles. The fourth-order valence-corrected chi connectivity index (χ4v) is 2.15. The molecule has 0 bridgehead atoms. The molecule has 1 amide bonds. The summed E-state index contributed by atoms with van der Waals surface area (Å²) >= 11 is 0. The zero-order chi connectivity index (χ0) is 16.7. The number of rotatable bonds is 8. The molecule has 7 heteroatoms. The number of methoxy groups -OCH3 is 1. The fourth-order valence-electron chi connectivity index (χ4n) is 2.15. The van der Waals surface area contributed by atoms with E-state index in [1.54, 1.807) is 7.11 Å². The van der Waals surface area contributed by atoms with Gasteiger partial charge in [-0.1, -0.05) is 6.07 Å². The lowest BCUT2D eigenvalue weighted by molar-refractivity contribution is -0.121. The molecule has 0 atom stereocenters. The van der Waals surface area contributed by atoms with Crippen molar-refractivity contribution < 1.29 is 14.3 Å². The number of nitrogens with one attached hydrogen (secondary N) is 3. The summed E-state index contributed by atoms with van der Waals surface area (Å²) in [4.78, 5) is 22.8. The minimum Gasteiger partial charge on any atom is -0.493 e. The van der Waals surface area contributed by atoms with Crippen LogP contribution in [0.3, 0.4) is 0 Å². The Morgan fingerprint density at radius 1 is 1.22 bits per heavy atom. The second kappa shape index (κ2) is 8.07. The topological polar surface area (TPSA) is 96.2 Å². The van der Waals surface area contributed by atoms with Crippen molar-refractivity contribution in [2.24, 2.45) is 0 Å². The van der Waals surface area contributed by atoms with Gasteiger partial charge in [-0.05, 0) is 31.0 Å². The molecule has 0 spiro atoms. The van der Waals surface area contributed by atoms with Crippen molar-refractivity contribution in [2.75, 3.05) is 13.7 Å². The zero-order valence-corrected chi connectivity index (χ0v) is 13.3. The van der Waals surface area contributed by atoms with E-state index in [0.717, 1.165) is 5.56 Å². The lowest BCUT2D eigenvalue weighted by atomic mass is 10.1. The van der Waals surface area contributed by atoms with Crippen molar-refractivity contribution in [2.45, 2.75) is 26.3 Å². The summed E-state index contributed by atoms with van der Waals surface area (Å²) in [7, 11) is 1.59. The first-order valence-corrected chi connectivity index (χ1v) is 7.45. The van der Waals surface area contributed by atoms with Crippen LogP contribution < -0.4 is 20.3 Å². The van der Waals surface area contributed by atoms with E-state index >= 15 is 0 Å². The normalized spacial score (nSPS) is 10.3. The molecule has 124 valence electrons. The molecule has 1 aromatic carbocycles. The summed E-state index contributed by atoms with van der Waals surface area (Å²) in [6, 6.07) is 7.06. The number of hydrogen-bond acceptors (Lipinski definition) is 4. The highest BCUT2D eigenvalue weighted by molar-refractivity contribution is 5.76. The molecular weight excluding hydrogens is 298 g/mol. The Kier molecular flexibility index (Phi) is 5.85. The number of benzene rings is 1. The molecule has 0 saturated heterocycles. The van der Waals surface area contributed by atoms with Gasteiger partial charge in [0.1, 0.15) is 0 Å². The third-order valence-electron chi connectivity index (χ3n) is 3.30. The molecule has 1 aromatic heterocycles. The molecule has 0 aliphatic rings. The highest BCUT2D eigenvalue weighted by atomic mass is 16.5. The third-order valence-corrected chi connectivity index (χ3v) is 3.30. The highest BCUT2D eigenvalue weighted by Crippen LogP contribution is 2.28. The van der Waals surface area contributed by atoms with Crippen LogP contribution in [0.25, 0.3) is 0 Å². The molecule has 0 aliphatic carbocycles. The van der Waals surface area contributed by atoms with Crippen LogP contribution in [-0.2, 0) is 17.8 Å². The van der Waals surface area contributed by atoms with E-state index in [4.69, 9.17) is 9.47 Å². The maximum absolute atomic E-state index is 11.9. The summed E-state index contributed by atoms with van der Waals surface area (Å²) in [5, 5.41) is 7.86. The van der Waals surface area contributed by atoms with E-state index in [1.807, 2.05) is 25.1 Å². The van der Waals surface area contributed by atoms with Crippen LogP contribution in [-0.4, -0.2) is 29.8 Å². The van der Waals surface area contributed by atoms with Gasteiger partial charge in [0, 0.05) is 12.5 Å². The molecule has 0 radical (unpaired) electrons. The molecule has 0 unspecified atom stereocenters. The van der Waals surface area contributed by atoms with Crippen molar-refractivity contribution >= 4 is 5.91 Å². The summed E-state index contributed by atoms with van der Waals surface area (Å²) in [5.41, 5.74) is 1.43. The molecule has 0 fully saturated rings. The minimum absolute atomic E-state index is 0.0834. The largest absolute Gasteiger partial charge is 0.493 e. The van der Waals surface area contributed by atoms with Gasteiger partial charge < -0.3 is 19.9 Å². The Hall–Kier alpha value is -2.70. The van der Waals surface area contributed by atoms with E-state index < -0.39 is 0 Å². The molecule has 7 nitrogen and oxygen atoms in total. The minimum atomic E-state index is -0.212. The van der Waals surface area contributed by atoms with Gasteiger partial charge in [0.2, 0.25) is 5.91 Å². The number of carbonyl (C=O) groups is 1. The number of carbonyl (C=O) groups excluding carboxylic acids is 1. The first kappa shape index (κ1) is 16.7. The van der Waals surface area contributed by atoms with Gasteiger partial charge >= 0.3 is 0 Å². The van der Waals surface area contributed by atoms with Gasteiger partial charge in [-0.15, -0.1) is 0 Å². The zero-order valence-electron chi connectivity index (χ0n) is 13.3. The monoisotopic (exact) mass is 319 g/mol. The lowest BCUT2D eigenvalue weighted by Gasteiger charge is -2.11. The van der Waals surface area contributed by atoms with Crippen LogP contribution in [0, 0.1) is 0 Å². The average Bonchev–Trinajstić information content (AvgIpc) is 2.97. The number of H-pyrrole nitrogens is 2. The van der Waals surface area contributed by atoms with E-state index in [-0.39, 0.29) is 11.5 Å². The number of hydrogen-bond donors (Lipinski definition) is 3. The second-order valence-corrected chi connectivity index (χ2v) is 4.98. The SMILES string of the molecule is CCOc1ccc(CCC(=O)NCc2cc(=O)[nH][nH]2)cc1OC. The van der Waals surface area contributed by atoms with Crippen LogP contribution in [0.2, 0.25) is 0 Å². The van der Waals surface area contributed by atoms with Crippen LogP contribution in [0.1, 0.15) is 24.6 Å². The smallest absolute Gasteiger partial charge is 0.264 e. The Morgan fingerprint density at radius 2 is 2.04 bits per heavy atom. The molecule has 1 heterocycles. The van der Waals surface area contributed by atoms with E-state index in [9.17, 15) is 9.59 Å². The molecule has 0 aliphatic heterocycles. The van der Waals surface area contributed by atoms with Gasteiger partial charge in [-0.3, -0.25) is 14.7 Å². The molecular formula is C16H21N3O4. The van der Waals surface area contributed by atoms with Crippen LogP contribution in [0.15, 0.2) is 29.1 Å². The molecule has 2 aromatic rings. The maximum atomic E-state index is 11.9. The van der Waals surface area contributed by atoms with E-state index in [1.165, 1.54) is 6.07 Å². The predicted octanol–water partition coefficient (Wildman–Crippen LogP) is 1.36. The maximum Gasteiger partial charge on any atom is 0.264 e. The first-order valence-electron chi connectivity index (χ1n) is 7.45. The number of ether oxygens (including phenoxy) is 2. The second-order valence-electron chi connectivity index (χ2n) is 4.98. The number of aromatic amines is 2. The van der Waals surface area contributed by atoms with Gasteiger partial charge in [0.05, 0.1) is 26.0 Å².